The van der Waals surface area contributed by atoms with Gasteiger partial charge in [-0.2, -0.15) is 10.5 Å². The molecular formula is C9H7N3O2. The summed E-state index contributed by atoms with van der Waals surface area (Å²) in [5, 5.41) is 35.7. The minimum Gasteiger partial charge on any atom is -0.494 e. The molecule has 0 unspecified atom stereocenters. The van der Waals surface area contributed by atoms with Crippen LogP contribution in [0, 0.1) is 22.7 Å². The van der Waals surface area contributed by atoms with Crippen LogP contribution in [0.2, 0.25) is 0 Å². The summed E-state index contributed by atoms with van der Waals surface area (Å²) in [6.07, 6.45) is 0. The topological polar surface area (TPSA) is 93.0 Å². The number of aromatic hydroxyl groups is 2. The zero-order valence-corrected chi connectivity index (χ0v) is 7.39. The number of aromatic nitrogens is 1. The molecule has 0 amide bonds. The predicted octanol–water partition coefficient (Wildman–Crippen LogP) is 1.18. The lowest BCUT2D eigenvalue weighted by Crippen LogP contribution is -1.95. The highest BCUT2D eigenvalue weighted by molar-refractivity contribution is 5.63. The van der Waals surface area contributed by atoms with E-state index >= 15 is 0 Å². The Labute approximate surface area is 80.4 Å². The Hall–Kier alpha value is -2.40. The Morgan fingerprint density at radius 2 is 1.64 bits per heavy atom. The van der Waals surface area contributed by atoms with Crippen molar-refractivity contribution in [2.75, 3.05) is 0 Å². The van der Waals surface area contributed by atoms with Gasteiger partial charge in [-0.25, -0.2) is 0 Å². The third kappa shape index (κ3) is 1.39. The number of nitrogens with zero attached hydrogens (tertiary/aromatic N) is 3. The molecule has 2 N–H and O–H groups in total. The molecule has 0 bridgehead atoms. The number of allylic oxidation sites excluding steroid dienone is 2. The molecule has 5 nitrogen and oxygen atoms in total. The van der Waals surface area contributed by atoms with E-state index in [9.17, 15) is 10.2 Å². The first-order valence-corrected chi connectivity index (χ1v) is 3.73. The van der Waals surface area contributed by atoms with E-state index in [2.05, 4.69) is 0 Å². The SMILES string of the molecule is CC(=C(C#N)C#N)n1c(O)ccc1O. The van der Waals surface area contributed by atoms with Crippen LogP contribution in [0.1, 0.15) is 6.92 Å². The summed E-state index contributed by atoms with van der Waals surface area (Å²) in [6, 6.07) is 5.88. The van der Waals surface area contributed by atoms with E-state index in [1.54, 1.807) is 12.1 Å². The molecule has 0 aliphatic heterocycles. The van der Waals surface area contributed by atoms with E-state index in [-0.39, 0.29) is 23.0 Å². The first-order valence-electron chi connectivity index (χ1n) is 3.73. The van der Waals surface area contributed by atoms with Crippen molar-refractivity contribution in [3.05, 3.63) is 17.7 Å². The Morgan fingerprint density at radius 1 is 1.21 bits per heavy atom. The minimum atomic E-state index is -0.219. The van der Waals surface area contributed by atoms with Crippen LogP contribution in [0.5, 0.6) is 11.8 Å². The Kier molecular flexibility index (Phi) is 2.45. The molecule has 1 rings (SSSR count). The molecule has 0 saturated carbocycles. The van der Waals surface area contributed by atoms with Crippen molar-refractivity contribution in [2.24, 2.45) is 0 Å². The van der Waals surface area contributed by atoms with Crippen molar-refractivity contribution in [3.8, 4) is 23.9 Å². The van der Waals surface area contributed by atoms with Gasteiger partial charge in [-0.05, 0) is 6.92 Å². The van der Waals surface area contributed by atoms with Gasteiger partial charge in [0.25, 0.3) is 0 Å². The molecule has 0 fully saturated rings. The predicted molar refractivity (Wildman–Crippen MR) is 47.9 cm³/mol. The lowest BCUT2D eigenvalue weighted by atomic mass is 10.2. The highest BCUT2D eigenvalue weighted by Gasteiger charge is 2.11. The highest BCUT2D eigenvalue weighted by atomic mass is 16.3. The Balaban J connectivity index is 3.41. The van der Waals surface area contributed by atoms with Crippen LogP contribution in [0.3, 0.4) is 0 Å². The summed E-state index contributed by atoms with van der Waals surface area (Å²) >= 11 is 0. The fourth-order valence-electron chi connectivity index (χ4n) is 1.06. The molecule has 14 heavy (non-hydrogen) atoms. The molecule has 0 aliphatic carbocycles. The van der Waals surface area contributed by atoms with Crippen LogP contribution in [-0.4, -0.2) is 14.8 Å². The molecule has 0 spiro atoms. The van der Waals surface area contributed by atoms with Gasteiger partial charge in [0, 0.05) is 12.1 Å². The third-order valence-corrected chi connectivity index (χ3v) is 1.76. The quantitative estimate of drug-likeness (QED) is 0.648. The van der Waals surface area contributed by atoms with Gasteiger partial charge in [-0.1, -0.05) is 0 Å². The fourth-order valence-corrected chi connectivity index (χ4v) is 1.06. The summed E-state index contributed by atoms with van der Waals surface area (Å²) in [5.41, 5.74) is 0.0294. The molecule has 0 radical (unpaired) electrons. The van der Waals surface area contributed by atoms with Crippen LogP contribution >= 0.6 is 0 Å². The Morgan fingerprint density at radius 3 is 2.00 bits per heavy atom. The summed E-state index contributed by atoms with van der Waals surface area (Å²) in [7, 11) is 0. The zero-order valence-electron chi connectivity index (χ0n) is 7.39. The molecular weight excluding hydrogens is 182 g/mol. The highest BCUT2D eigenvalue weighted by Crippen LogP contribution is 2.26. The first kappa shape index (κ1) is 9.69. The maximum Gasteiger partial charge on any atom is 0.198 e. The van der Waals surface area contributed by atoms with Gasteiger partial charge >= 0.3 is 0 Å². The second-order valence-electron chi connectivity index (χ2n) is 2.57. The second kappa shape index (κ2) is 3.55. The van der Waals surface area contributed by atoms with Gasteiger partial charge in [0.2, 0.25) is 0 Å². The molecule has 0 saturated heterocycles. The number of rotatable bonds is 1. The maximum atomic E-state index is 9.29. The van der Waals surface area contributed by atoms with Crippen molar-refractivity contribution in [1.82, 2.24) is 4.57 Å². The van der Waals surface area contributed by atoms with E-state index in [1.165, 1.54) is 19.1 Å². The largest absolute Gasteiger partial charge is 0.494 e. The lowest BCUT2D eigenvalue weighted by molar-refractivity contribution is 0.404. The summed E-state index contributed by atoms with van der Waals surface area (Å²) in [6.45, 7) is 1.46. The van der Waals surface area contributed by atoms with Crippen molar-refractivity contribution >= 4 is 5.70 Å². The molecule has 5 heteroatoms. The molecule has 1 aromatic heterocycles. The van der Waals surface area contributed by atoms with Crippen LogP contribution in [-0.2, 0) is 0 Å². The number of hydrogen-bond acceptors (Lipinski definition) is 4. The van der Waals surface area contributed by atoms with Gasteiger partial charge in [-0.3, -0.25) is 4.57 Å². The number of hydrogen-bond donors (Lipinski definition) is 2. The molecule has 0 atom stereocenters. The molecule has 70 valence electrons. The van der Waals surface area contributed by atoms with E-state index in [0.717, 1.165) is 4.57 Å². The van der Waals surface area contributed by atoms with E-state index < -0.39 is 0 Å². The van der Waals surface area contributed by atoms with Gasteiger partial charge in [0.1, 0.15) is 17.7 Å². The zero-order chi connectivity index (χ0) is 10.7. The van der Waals surface area contributed by atoms with Crippen LogP contribution in [0.15, 0.2) is 17.7 Å². The summed E-state index contributed by atoms with van der Waals surface area (Å²) in [5.74, 6) is -0.439. The standard InChI is InChI=1S/C9H7N3O2/c1-6(7(4-10)5-11)12-8(13)2-3-9(12)14/h2-3,13-14H,1H3. The molecule has 1 aromatic rings. The molecule has 1 heterocycles. The minimum absolute atomic E-state index is 0.160. The van der Waals surface area contributed by atoms with E-state index in [1.807, 2.05) is 0 Å². The van der Waals surface area contributed by atoms with Crippen molar-refractivity contribution in [2.45, 2.75) is 6.92 Å². The van der Waals surface area contributed by atoms with Crippen LogP contribution in [0.25, 0.3) is 5.70 Å². The van der Waals surface area contributed by atoms with Crippen LogP contribution < -0.4 is 0 Å². The summed E-state index contributed by atoms with van der Waals surface area (Å²) in [4.78, 5) is 0. The van der Waals surface area contributed by atoms with Crippen molar-refractivity contribution in [3.63, 3.8) is 0 Å². The lowest BCUT2D eigenvalue weighted by Gasteiger charge is -2.05. The van der Waals surface area contributed by atoms with Gasteiger partial charge < -0.3 is 10.2 Å². The fraction of sp³-hybridized carbons (Fsp3) is 0.111. The van der Waals surface area contributed by atoms with Gasteiger partial charge in [0.15, 0.2) is 11.8 Å². The Bertz CT molecular complexity index is 436. The molecule has 0 aromatic carbocycles. The average Bonchev–Trinajstić information content (AvgIpc) is 2.48. The smallest absolute Gasteiger partial charge is 0.198 e. The summed E-state index contributed by atoms with van der Waals surface area (Å²) < 4.78 is 1.02. The molecule has 0 aliphatic rings. The first-order chi connectivity index (χ1) is 6.61. The monoisotopic (exact) mass is 189 g/mol. The normalized spacial score (nSPS) is 8.79. The van der Waals surface area contributed by atoms with E-state index in [0.29, 0.717) is 0 Å². The van der Waals surface area contributed by atoms with Gasteiger partial charge in [-0.15, -0.1) is 0 Å². The number of nitriles is 2. The van der Waals surface area contributed by atoms with E-state index in [4.69, 9.17) is 10.5 Å². The van der Waals surface area contributed by atoms with Crippen molar-refractivity contribution in [1.29, 1.82) is 10.5 Å². The van der Waals surface area contributed by atoms with Crippen LogP contribution in [0.4, 0.5) is 0 Å². The maximum absolute atomic E-state index is 9.29. The average molecular weight is 189 g/mol. The van der Waals surface area contributed by atoms with Gasteiger partial charge in [0.05, 0.1) is 5.70 Å². The second-order valence-corrected chi connectivity index (χ2v) is 2.57. The van der Waals surface area contributed by atoms with Crippen molar-refractivity contribution < 1.29 is 10.2 Å². The third-order valence-electron chi connectivity index (χ3n) is 1.76.